The van der Waals surface area contributed by atoms with Crippen molar-refractivity contribution in [3.63, 3.8) is 0 Å². The van der Waals surface area contributed by atoms with Crippen molar-refractivity contribution in [2.75, 3.05) is 18.5 Å². The van der Waals surface area contributed by atoms with Crippen LogP contribution in [0.2, 0.25) is 0 Å². The van der Waals surface area contributed by atoms with Crippen LogP contribution in [-0.2, 0) is 6.54 Å². The lowest BCUT2D eigenvalue weighted by molar-refractivity contribution is 0.578. The highest BCUT2D eigenvalue weighted by molar-refractivity contribution is 5.33. The second-order valence-electron chi connectivity index (χ2n) is 3.80. The van der Waals surface area contributed by atoms with Gasteiger partial charge >= 0.3 is 0 Å². The number of rotatable bonds is 0. The topological polar surface area (TPSA) is 47.1 Å². The van der Waals surface area contributed by atoms with Crippen LogP contribution in [0.4, 0.5) is 5.95 Å². The molecule has 4 heteroatoms. The van der Waals surface area contributed by atoms with E-state index in [0.717, 1.165) is 31.2 Å². The van der Waals surface area contributed by atoms with Crippen LogP contribution in [0.25, 0.3) is 0 Å². The first-order valence-corrected chi connectivity index (χ1v) is 4.67. The summed E-state index contributed by atoms with van der Waals surface area (Å²) in [5, 5.41) is 0. The van der Waals surface area contributed by atoms with Crippen molar-refractivity contribution in [1.29, 1.82) is 0 Å². The Bertz CT molecular complexity index is 305. The van der Waals surface area contributed by atoms with Crippen LogP contribution in [0.5, 0.6) is 0 Å². The van der Waals surface area contributed by atoms with E-state index < -0.39 is 0 Å². The van der Waals surface area contributed by atoms with Gasteiger partial charge in [0.15, 0.2) is 0 Å². The number of imidazole rings is 1. The molecule has 4 nitrogen and oxygen atoms in total. The molecule has 0 saturated carbocycles. The predicted molar refractivity (Wildman–Crippen MR) is 52.8 cm³/mol. The lowest BCUT2D eigenvalue weighted by Crippen LogP contribution is -2.34. The molecule has 2 heterocycles. The van der Waals surface area contributed by atoms with Gasteiger partial charge in [-0.3, -0.25) is 0 Å². The van der Waals surface area contributed by atoms with Crippen molar-refractivity contribution in [2.45, 2.75) is 25.9 Å². The van der Waals surface area contributed by atoms with Crippen LogP contribution in [0, 0.1) is 6.92 Å². The summed E-state index contributed by atoms with van der Waals surface area (Å²) >= 11 is 0. The van der Waals surface area contributed by atoms with Crippen LogP contribution < -0.4 is 10.6 Å². The molecule has 2 rings (SSSR count). The number of anilines is 1. The van der Waals surface area contributed by atoms with Gasteiger partial charge in [0.2, 0.25) is 5.95 Å². The lowest BCUT2D eigenvalue weighted by Gasteiger charge is -2.17. The normalized spacial score (nSPS) is 22.7. The molecular formula is C9H16N4. The highest BCUT2D eigenvalue weighted by Gasteiger charge is 2.17. The summed E-state index contributed by atoms with van der Waals surface area (Å²) in [6.07, 6.45) is 3.12. The Morgan fingerprint density at radius 2 is 2.38 bits per heavy atom. The Balaban J connectivity index is 2.33. The van der Waals surface area contributed by atoms with Gasteiger partial charge < -0.3 is 15.2 Å². The van der Waals surface area contributed by atoms with Gasteiger partial charge in [-0.2, -0.15) is 0 Å². The molecule has 0 amide bonds. The standard InChI is InChI=1S/C9H16N4/c1-7-5-13-4-3-8(10)6-12(2)9(13)11-7/h5,8H,3-4,6,10H2,1-2H3. The first-order chi connectivity index (χ1) is 6.16. The maximum atomic E-state index is 5.92. The average molecular weight is 180 g/mol. The summed E-state index contributed by atoms with van der Waals surface area (Å²) in [5.74, 6) is 1.05. The smallest absolute Gasteiger partial charge is 0.205 e. The van der Waals surface area contributed by atoms with Gasteiger partial charge in [-0.25, -0.2) is 4.98 Å². The van der Waals surface area contributed by atoms with Crippen LogP contribution in [0.3, 0.4) is 0 Å². The molecule has 0 aliphatic carbocycles. The van der Waals surface area contributed by atoms with Crippen molar-refractivity contribution in [3.8, 4) is 0 Å². The molecule has 1 aliphatic rings. The zero-order chi connectivity index (χ0) is 9.42. The molecule has 13 heavy (non-hydrogen) atoms. The molecule has 1 aromatic rings. The molecular weight excluding hydrogens is 164 g/mol. The highest BCUT2D eigenvalue weighted by atomic mass is 15.3. The second kappa shape index (κ2) is 3.03. The summed E-state index contributed by atoms with van der Waals surface area (Å²) < 4.78 is 2.18. The molecule has 72 valence electrons. The fourth-order valence-corrected chi connectivity index (χ4v) is 1.83. The Morgan fingerprint density at radius 3 is 3.15 bits per heavy atom. The van der Waals surface area contributed by atoms with E-state index in [1.165, 1.54) is 0 Å². The number of aromatic nitrogens is 2. The Kier molecular flexibility index (Phi) is 2.00. The van der Waals surface area contributed by atoms with Gasteiger partial charge in [-0.15, -0.1) is 0 Å². The highest BCUT2D eigenvalue weighted by Crippen LogP contribution is 2.17. The third kappa shape index (κ3) is 1.54. The van der Waals surface area contributed by atoms with Crippen LogP contribution in [-0.4, -0.2) is 29.2 Å². The summed E-state index contributed by atoms with van der Waals surface area (Å²) in [6, 6.07) is 0.270. The van der Waals surface area contributed by atoms with Crippen LogP contribution in [0.15, 0.2) is 6.20 Å². The minimum absolute atomic E-state index is 0.270. The number of hydrogen-bond donors (Lipinski definition) is 1. The second-order valence-corrected chi connectivity index (χ2v) is 3.80. The molecule has 0 saturated heterocycles. The molecule has 0 radical (unpaired) electrons. The molecule has 2 N–H and O–H groups in total. The zero-order valence-electron chi connectivity index (χ0n) is 8.20. The molecule has 0 bridgehead atoms. The molecule has 0 spiro atoms. The van der Waals surface area contributed by atoms with E-state index in [-0.39, 0.29) is 6.04 Å². The fraction of sp³-hybridized carbons (Fsp3) is 0.667. The average Bonchev–Trinajstić information content (AvgIpc) is 2.38. The number of nitrogens with zero attached hydrogens (tertiary/aromatic N) is 3. The predicted octanol–water partition coefficient (Wildman–Crippen LogP) is 0.359. The van der Waals surface area contributed by atoms with Crippen molar-refractivity contribution < 1.29 is 0 Å². The minimum Gasteiger partial charge on any atom is -0.344 e. The van der Waals surface area contributed by atoms with E-state index in [9.17, 15) is 0 Å². The first-order valence-electron chi connectivity index (χ1n) is 4.67. The molecule has 0 aromatic carbocycles. The maximum Gasteiger partial charge on any atom is 0.205 e. The third-order valence-corrected chi connectivity index (χ3v) is 2.47. The Morgan fingerprint density at radius 1 is 1.62 bits per heavy atom. The van der Waals surface area contributed by atoms with Gasteiger partial charge in [0, 0.05) is 32.4 Å². The number of fused-ring (bicyclic) bond motifs is 1. The summed E-state index contributed by atoms with van der Waals surface area (Å²) in [4.78, 5) is 6.59. The van der Waals surface area contributed by atoms with Crippen molar-refractivity contribution in [2.24, 2.45) is 5.73 Å². The SMILES string of the molecule is Cc1cn2c(n1)N(C)CC(N)CC2. The lowest BCUT2D eigenvalue weighted by atomic mass is 10.2. The van der Waals surface area contributed by atoms with Crippen LogP contribution >= 0.6 is 0 Å². The Hall–Kier alpha value is -1.03. The van der Waals surface area contributed by atoms with Crippen molar-refractivity contribution >= 4 is 5.95 Å². The summed E-state index contributed by atoms with van der Waals surface area (Å²) in [6.45, 7) is 3.91. The van der Waals surface area contributed by atoms with Gasteiger partial charge in [-0.05, 0) is 13.3 Å². The monoisotopic (exact) mass is 180 g/mol. The number of aryl methyl sites for hydroxylation is 2. The van der Waals surface area contributed by atoms with E-state index in [1.807, 2.05) is 14.0 Å². The molecule has 1 atom stereocenters. The molecule has 1 aromatic heterocycles. The quantitative estimate of drug-likeness (QED) is 0.627. The molecule has 1 aliphatic heterocycles. The molecule has 0 fully saturated rings. The fourth-order valence-electron chi connectivity index (χ4n) is 1.83. The zero-order valence-corrected chi connectivity index (χ0v) is 8.20. The van der Waals surface area contributed by atoms with E-state index in [1.54, 1.807) is 0 Å². The minimum atomic E-state index is 0.270. The van der Waals surface area contributed by atoms with E-state index >= 15 is 0 Å². The van der Waals surface area contributed by atoms with Crippen molar-refractivity contribution in [1.82, 2.24) is 9.55 Å². The number of nitrogens with two attached hydrogens (primary N) is 1. The summed E-state index contributed by atoms with van der Waals surface area (Å²) in [7, 11) is 2.05. The van der Waals surface area contributed by atoms with E-state index in [0.29, 0.717) is 0 Å². The third-order valence-electron chi connectivity index (χ3n) is 2.47. The van der Waals surface area contributed by atoms with Gasteiger partial charge in [0.25, 0.3) is 0 Å². The van der Waals surface area contributed by atoms with Gasteiger partial charge in [-0.1, -0.05) is 0 Å². The number of hydrogen-bond acceptors (Lipinski definition) is 3. The maximum absolute atomic E-state index is 5.92. The van der Waals surface area contributed by atoms with Crippen LogP contribution in [0.1, 0.15) is 12.1 Å². The largest absolute Gasteiger partial charge is 0.344 e. The summed E-state index contributed by atoms with van der Waals surface area (Å²) in [5.41, 5.74) is 7.00. The van der Waals surface area contributed by atoms with E-state index in [4.69, 9.17) is 5.73 Å². The first kappa shape index (κ1) is 8.56. The van der Waals surface area contributed by atoms with Crippen molar-refractivity contribution in [3.05, 3.63) is 11.9 Å². The molecule has 1 unspecified atom stereocenters. The Labute approximate surface area is 78.4 Å². The number of likely N-dealkylation sites (N-methyl/N-ethyl adjacent to an activating group) is 1. The van der Waals surface area contributed by atoms with E-state index in [2.05, 4.69) is 20.6 Å². The van der Waals surface area contributed by atoms with Gasteiger partial charge in [0.1, 0.15) is 0 Å². The van der Waals surface area contributed by atoms with Gasteiger partial charge in [0.05, 0.1) is 5.69 Å².